The summed E-state index contributed by atoms with van der Waals surface area (Å²) in [6, 6.07) is 11.8. The van der Waals surface area contributed by atoms with E-state index in [9.17, 15) is 18.0 Å². The minimum atomic E-state index is -3.73. The summed E-state index contributed by atoms with van der Waals surface area (Å²) in [4.78, 5) is 27.8. The molecular weight excluding hydrogens is 418 g/mol. The Balaban J connectivity index is 1.53. The predicted molar refractivity (Wildman–Crippen MR) is 117 cm³/mol. The van der Waals surface area contributed by atoms with E-state index in [-0.39, 0.29) is 4.90 Å². The molecule has 1 heterocycles. The molecule has 1 amide bonds. The molecule has 1 atom stereocenters. The SMILES string of the molecule is Cc1cc(C)c2cc(C(=O)OC(C)C(=O)NCCc3ccc(S(N)(=O)=O)cc3)[nH]c2c1. The van der Waals surface area contributed by atoms with Gasteiger partial charge in [0.1, 0.15) is 5.69 Å². The van der Waals surface area contributed by atoms with Crippen LogP contribution in [0.1, 0.15) is 34.1 Å². The van der Waals surface area contributed by atoms with Crippen LogP contribution < -0.4 is 10.5 Å². The second-order valence-electron chi connectivity index (χ2n) is 7.50. The molecule has 8 nitrogen and oxygen atoms in total. The normalized spacial score (nSPS) is 12.5. The van der Waals surface area contributed by atoms with Crippen LogP contribution in [-0.4, -0.2) is 37.9 Å². The lowest BCUT2D eigenvalue weighted by molar-refractivity contribution is -0.129. The molecular formula is C22H25N3O5S. The van der Waals surface area contributed by atoms with E-state index in [2.05, 4.69) is 10.3 Å². The smallest absolute Gasteiger partial charge is 0.355 e. The van der Waals surface area contributed by atoms with E-state index in [1.165, 1.54) is 19.1 Å². The van der Waals surface area contributed by atoms with E-state index in [0.717, 1.165) is 27.6 Å². The van der Waals surface area contributed by atoms with E-state index in [1.807, 2.05) is 26.0 Å². The fourth-order valence-electron chi connectivity index (χ4n) is 3.31. The van der Waals surface area contributed by atoms with Gasteiger partial charge in [-0.25, -0.2) is 18.4 Å². The minimum Gasteiger partial charge on any atom is -0.448 e. The number of sulfonamides is 1. The molecule has 0 saturated carbocycles. The fourth-order valence-corrected chi connectivity index (χ4v) is 3.82. The maximum Gasteiger partial charge on any atom is 0.355 e. The second-order valence-corrected chi connectivity index (χ2v) is 9.07. The van der Waals surface area contributed by atoms with Crippen molar-refractivity contribution in [2.45, 2.75) is 38.2 Å². The highest BCUT2D eigenvalue weighted by molar-refractivity contribution is 7.89. The number of aromatic nitrogens is 1. The van der Waals surface area contributed by atoms with Crippen LogP contribution in [0.25, 0.3) is 10.9 Å². The number of hydrogen-bond acceptors (Lipinski definition) is 5. The maximum atomic E-state index is 12.4. The molecule has 0 bridgehead atoms. The number of nitrogens with two attached hydrogens (primary N) is 1. The number of H-pyrrole nitrogens is 1. The molecule has 0 saturated heterocycles. The fraction of sp³-hybridized carbons (Fsp3) is 0.273. The summed E-state index contributed by atoms with van der Waals surface area (Å²) in [6.07, 6.45) is -0.482. The third kappa shape index (κ3) is 5.50. The Bertz CT molecular complexity index is 1230. The van der Waals surface area contributed by atoms with Gasteiger partial charge in [0.15, 0.2) is 6.10 Å². The van der Waals surface area contributed by atoms with Crippen LogP contribution in [0.5, 0.6) is 0 Å². The largest absolute Gasteiger partial charge is 0.448 e. The number of amides is 1. The average Bonchev–Trinajstić information content (AvgIpc) is 3.12. The molecule has 9 heteroatoms. The highest BCUT2D eigenvalue weighted by Crippen LogP contribution is 2.22. The molecule has 0 radical (unpaired) electrons. The Morgan fingerprint density at radius 1 is 1.13 bits per heavy atom. The summed E-state index contributed by atoms with van der Waals surface area (Å²) in [7, 11) is -3.73. The quantitative estimate of drug-likeness (QED) is 0.482. The lowest BCUT2D eigenvalue weighted by Gasteiger charge is -2.13. The number of fused-ring (bicyclic) bond motifs is 1. The number of benzene rings is 2. The van der Waals surface area contributed by atoms with Crippen LogP contribution in [0, 0.1) is 13.8 Å². The Kier molecular flexibility index (Phi) is 6.47. The van der Waals surface area contributed by atoms with Crippen molar-refractivity contribution in [1.82, 2.24) is 10.3 Å². The van der Waals surface area contributed by atoms with Crippen molar-refractivity contribution in [3.63, 3.8) is 0 Å². The van der Waals surface area contributed by atoms with E-state index in [4.69, 9.17) is 9.88 Å². The molecule has 1 aromatic heterocycles. The highest BCUT2D eigenvalue weighted by Gasteiger charge is 2.20. The molecule has 4 N–H and O–H groups in total. The summed E-state index contributed by atoms with van der Waals surface area (Å²) in [5, 5.41) is 8.71. The van der Waals surface area contributed by atoms with Crippen molar-refractivity contribution in [3.05, 3.63) is 64.8 Å². The maximum absolute atomic E-state index is 12.4. The topological polar surface area (TPSA) is 131 Å². The number of carbonyl (C=O) groups excluding carboxylic acids is 2. The molecule has 3 rings (SSSR count). The molecule has 0 spiro atoms. The van der Waals surface area contributed by atoms with Crippen LogP contribution in [0.2, 0.25) is 0 Å². The van der Waals surface area contributed by atoms with Gasteiger partial charge in [-0.05, 0) is 68.1 Å². The Morgan fingerprint density at radius 2 is 1.81 bits per heavy atom. The van der Waals surface area contributed by atoms with Gasteiger partial charge in [-0.1, -0.05) is 18.2 Å². The summed E-state index contributed by atoms with van der Waals surface area (Å²) >= 11 is 0. The number of aryl methyl sites for hydroxylation is 2. The first kappa shape index (κ1) is 22.5. The number of ether oxygens (including phenoxy) is 1. The third-order valence-corrected chi connectivity index (χ3v) is 5.86. The summed E-state index contributed by atoms with van der Waals surface area (Å²) in [6.45, 7) is 5.76. The van der Waals surface area contributed by atoms with Gasteiger partial charge in [-0.2, -0.15) is 0 Å². The summed E-state index contributed by atoms with van der Waals surface area (Å²) in [5.74, 6) is -1.02. The summed E-state index contributed by atoms with van der Waals surface area (Å²) < 4.78 is 27.8. The monoisotopic (exact) mass is 443 g/mol. The Morgan fingerprint density at radius 3 is 2.45 bits per heavy atom. The zero-order valence-corrected chi connectivity index (χ0v) is 18.4. The molecule has 0 aliphatic rings. The van der Waals surface area contributed by atoms with Crippen molar-refractivity contribution >= 4 is 32.8 Å². The Labute approximate surface area is 180 Å². The molecule has 1 unspecified atom stereocenters. The first-order valence-corrected chi connectivity index (χ1v) is 11.3. The highest BCUT2D eigenvalue weighted by atomic mass is 32.2. The standard InChI is InChI=1S/C22H25N3O5S/c1-13-10-14(2)18-12-20(25-19(18)11-13)22(27)30-15(3)21(26)24-9-8-16-4-6-17(7-5-16)31(23,28)29/h4-7,10-12,15,25H,8-9H2,1-3H3,(H,24,26)(H2,23,28,29). The van der Waals surface area contributed by atoms with Gasteiger partial charge in [0.05, 0.1) is 4.90 Å². The van der Waals surface area contributed by atoms with Crippen molar-refractivity contribution < 1.29 is 22.7 Å². The van der Waals surface area contributed by atoms with E-state index in [1.54, 1.807) is 18.2 Å². The van der Waals surface area contributed by atoms with E-state index in [0.29, 0.717) is 18.7 Å². The van der Waals surface area contributed by atoms with Crippen LogP contribution in [0.15, 0.2) is 47.4 Å². The van der Waals surface area contributed by atoms with Crippen LogP contribution in [0.3, 0.4) is 0 Å². The minimum absolute atomic E-state index is 0.0307. The molecule has 2 aromatic carbocycles. The summed E-state index contributed by atoms with van der Waals surface area (Å²) in [5.41, 5.74) is 4.10. The zero-order chi connectivity index (χ0) is 22.8. The molecule has 0 aliphatic heterocycles. The van der Waals surface area contributed by atoms with Gasteiger partial charge < -0.3 is 15.0 Å². The van der Waals surface area contributed by atoms with Gasteiger partial charge >= 0.3 is 5.97 Å². The van der Waals surface area contributed by atoms with Crippen LogP contribution >= 0.6 is 0 Å². The van der Waals surface area contributed by atoms with Gasteiger partial charge in [-0.15, -0.1) is 0 Å². The molecule has 3 aromatic rings. The third-order valence-electron chi connectivity index (χ3n) is 4.93. The number of rotatable bonds is 7. The lowest BCUT2D eigenvalue weighted by atomic mass is 10.1. The van der Waals surface area contributed by atoms with Gasteiger partial charge in [-0.3, -0.25) is 4.79 Å². The average molecular weight is 444 g/mol. The molecule has 31 heavy (non-hydrogen) atoms. The lowest BCUT2D eigenvalue weighted by Crippen LogP contribution is -2.37. The second kappa shape index (κ2) is 8.91. The number of primary sulfonamides is 1. The number of carbonyl (C=O) groups is 2. The zero-order valence-electron chi connectivity index (χ0n) is 17.6. The molecule has 0 fully saturated rings. The van der Waals surface area contributed by atoms with Gasteiger partial charge in [0.25, 0.3) is 5.91 Å². The van der Waals surface area contributed by atoms with Crippen molar-refractivity contribution in [2.75, 3.05) is 6.54 Å². The number of esters is 1. The number of hydrogen-bond donors (Lipinski definition) is 3. The first-order chi connectivity index (χ1) is 14.5. The van der Waals surface area contributed by atoms with Crippen molar-refractivity contribution in [1.29, 1.82) is 0 Å². The Hall–Kier alpha value is -3.17. The number of aromatic amines is 1. The van der Waals surface area contributed by atoms with Crippen LogP contribution in [0.4, 0.5) is 0 Å². The molecule has 164 valence electrons. The molecule has 0 aliphatic carbocycles. The van der Waals surface area contributed by atoms with Crippen molar-refractivity contribution in [3.8, 4) is 0 Å². The van der Waals surface area contributed by atoms with Gasteiger partial charge in [0, 0.05) is 17.4 Å². The van der Waals surface area contributed by atoms with E-state index < -0.39 is 28.0 Å². The number of nitrogens with one attached hydrogen (secondary N) is 2. The predicted octanol–water partition coefficient (Wildman–Crippen LogP) is 2.34. The van der Waals surface area contributed by atoms with Crippen LogP contribution in [-0.2, 0) is 26.0 Å². The first-order valence-electron chi connectivity index (χ1n) is 9.75. The van der Waals surface area contributed by atoms with Gasteiger partial charge in [0.2, 0.25) is 10.0 Å². The van der Waals surface area contributed by atoms with Crippen molar-refractivity contribution in [2.24, 2.45) is 5.14 Å². The van der Waals surface area contributed by atoms with E-state index >= 15 is 0 Å².